The Kier molecular flexibility index (Phi) is 21.9. The van der Waals surface area contributed by atoms with E-state index in [0.29, 0.717) is 62.9 Å². The highest BCUT2D eigenvalue weighted by Crippen LogP contribution is 2.17. The maximum absolute atomic E-state index is 13.8. The van der Waals surface area contributed by atoms with Crippen molar-refractivity contribution in [1.82, 2.24) is 16.2 Å². The molecular formula is C40H58N6O7S. The Hall–Kier alpha value is -4.24. The highest BCUT2D eigenvalue weighted by Gasteiger charge is 2.30. The first kappa shape index (κ1) is 45.9. The van der Waals surface area contributed by atoms with Crippen molar-refractivity contribution in [2.45, 2.75) is 109 Å². The molecule has 296 valence electrons. The van der Waals surface area contributed by atoms with Gasteiger partial charge in [-0.1, -0.05) is 62.2 Å². The molecule has 8 N–H and O–H groups in total. The first-order chi connectivity index (χ1) is 25.9. The van der Waals surface area contributed by atoms with Gasteiger partial charge in [0.1, 0.15) is 23.4 Å². The van der Waals surface area contributed by atoms with Gasteiger partial charge in [-0.15, -0.1) is 0 Å². The maximum Gasteiger partial charge on any atom is 0.293 e. The Labute approximate surface area is 323 Å². The van der Waals surface area contributed by atoms with Crippen LogP contribution < -0.4 is 33.0 Å². The SMILES string of the molecule is CCC(=O)CC(CCCCCC(=O)C(N)CSC)C(=O)NN[C@@H](Cc1ccccc1)C(=O)N[C@@H](CCCCN)C(=O)C(=O)Nc1ccc(CC(C)=O)cc1. The van der Waals surface area contributed by atoms with Crippen LogP contribution in [0.5, 0.6) is 0 Å². The number of Topliss-reactive ketones (excluding diaryl/α,β-unsaturated/α-hetero) is 4. The number of unbranched alkanes of at least 4 members (excludes halogenated alkanes) is 3. The lowest BCUT2D eigenvalue weighted by Crippen LogP contribution is -2.57. The predicted octanol–water partition coefficient (Wildman–Crippen LogP) is 3.37. The Morgan fingerprint density at radius 2 is 1.48 bits per heavy atom. The first-order valence-corrected chi connectivity index (χ1v) is 20.1. The van der Waals surface area contributed by atoms with E-state index in [4.69, 9.17) is 11.5 Å². The normalized spacial score (nSPS) is 13.2. The minimum absolute atomic E-state index is 0.00623. The highest BCUT2D eigenvalue weighted by atomic mass is 32.2. The average molecular weight is 767 g/mol. The number of hydrazine groups is 1. The molecule has 0 heterocycles. The molecule has 2 rings (SSSR count). The summed E-state index contributed by atoms with van der Waals surface area (Å²) in [4.78, 5) is 90.0. The minimum Gasteiger partial charge on any atom is -0.344 e. The minimum atomic E-state index is -1.17. The van der Waals surface area contributed by atoms with Gasteiger partial charge in [-0.25, -0.2) is 5.43 Å². The second-order valence-corrected chi connectivity index (χ2v) is 14.4. The summed E-state index contributed by atoms with van der Waals surface area (Å²) in [6, 6.07) is 13.0. The van der Waals surface area contributed by atoms with Crippen LogP contribution >= 0.6 is 11.8 Å². The molecule has 0 saturated heterocycles. The monoisotopic (exact) mass is 766 g/mol. The van der Waals surface area contributed by atoms with E-state index in [0.717, 1.165) is 11.1 Å². The third kappa shape index (κ3) is 17.7. The molecule has 2 unspecified atom stereocenters. The van der Waals surface area contributed by atoms with Gasteiger partial charge < -0.3 is 22.1 Å². The van der Waals surface area contributed by atoms with Gasteiger partial charge in [-0.05, 0) is 81.5 Å². The molecule has 0 radical (unpaired) electrons. The van der Waals surface area contributed by atoms with Gasteiger partial charge in [0.2, 0.25) is 17.6 Å². The van der Waals surface area contributed by atoms with E-state index in [1.807, 2.05) is 36.6 Å². The van der Waals surface area contributed by atoms with Crippen LogP contribution in [0.25, 0.3) is 0 Å². The summed E-state index contributed by atoms with van der Waals surface area (Å²) < 4.78 is 0. The third-order valence-electron chi connectivity index (χ3n) is 8.91. The van der Waals surface area contributed by atoms with E-state index in [1.165, 1.54) is 18.7 Å². The zero-order valence-corrected chi connectivity index (χ0v) is 32.6. The fraction of sp³-hybridized carbons (Fsp3) is 0.525. The van der Waals surface area contributed by atoms with Crippen molar-refractivity contribution in [1.29, 1.82) is 0 Å². The van der Waals surface area contributed by atoms with Gasteiger partial charge in [-0.2, -0.15) is 11.8 Å². The Balaban J connectivity index is 2.16. The summed E-state index contributed by atoms with van der Waals surface area (Å²) >= 11 is 1.52. The van der Waals surface area contributed by atoms with Crippen LogP contribution in [0, 0.1) is 5.92 Å². The van der Waals surface area contributed by atoms with Crippen LogP contribution in [-0.2, 0) is 46.4 Å². The van der Waals surface area contributed by atoms with Crippen molar-refractivity contribution >= 4 is 58.3 Å². The fourth-order valence-electron chi connectivity index (χ4n) is 5.77. The van der Waals surface area contributed by atoms with E-state index in [9.17, 15) is 33.6 Å². The molecule has 0 spiro atoms. The summed E-state index contributed by atoms with van der Waals surface area (Å²) in [5.74, 6) is -2.99. The quantitative estimate of drug-likeness (QED) is 0.0419. The summed E-state index contributed by atoms with van der Waals surface area (Å²) in [5.41, 5.74) is 19.0. The van der Waals surface area contributed by atoms with E-state index < -0.39 is 47.5 Å². The number of amides is 3. The lowest BCUT2D eigenvalue weighted by molar-refractivity contribution is -0.138. The molecule has 54 heavy (non-hydrogen) atoms. The molecule has 0 aromatic heterocycles. The maximum atomic E-state index is 13.8. The molecule has 0 aliphatic carbocycles. The van der Waals surface area contributed by atoms with Gasteiger partial charge in [0.25, 0.3) is 5.91 Å². The number of carbonyl (C=O) groups excluding carboxylic acids is 7. The number of anilines is 1. The lowest BCUT2D eigenvalue weighted by Gasteiger charge is -2.24. The van der Waals surface area contributed by atoms with E-state index in [-0.39, 0.29) is 49.5 Å². The fourth-order valence-corrected chi connectivity index (χ4v) is 6.31. The number of hydrogen-bond donors (Lipinski definition) is 6. The Morgan fingerprint density at radius 1 is 0.796 bits per heavy atom. The summed E-state index contributed by atoms with van der Waals surface area (Å²) in [6.45, 7) is 3.58. The van der Waals surface area contributed by atoms with Crippen molar-refractivity contribution < 1.29 is 33.6 Å². The molecule has 0 bridgehead atoms. The average Bonchev–Trinajstić information content (AvgIpc) is 3.15. The van der Waals surface area contributed by atoms with Crippen LogP contribution in [0.3, 0.4) is 0 Å². The Morgan fingerprint density at radius 3 is 2.11 bits per heavy atom. The highest BCUT2D eigenvalue weighted by molar-refractivity contribution is 7.98. The second kappa shape index (κ2) is 25.7. The molecule has 2 aromatic rings. The number of carbonyl (C=O) groups is 7. The van der Waals surface area contributed by atoms with Crippen LogP contribution in [-0.4, -0.2) is 77.5 Å². The number of hydrogen-bond acceptors (Lipinski definition) is 11. The van der Waals surface area contributed by atoms with Gasteiger partial charge >= 0.3 is 0 Å². The van der Waals surface area contributed by atoms with Crippen molar-refractivity contribution in [2.24, 2.45) is 17.4 Å². The van der Waals surface area contributed by atoms with Crippen molar-refractivity contribution in [3.05, 3.63) is 65.7 Å². The lowest BCUT2D eigenvalue weighted by atomic mass is 9.93. The van der Waals surface area contributed by atoms with Crippen molar-refractivity contribution in [2.75, 3.05) is 23.9 Å². The van der Waals surface area contributed by atoms with Gasteiger partial charge in [0.15, 0.2) is 0 Å². The Bertz CT molecular complexity index is 1520. The second-order valence-electron chi connectivity index (χ2n) is 13.5. The summed E-state index contributed by atoms with van der Waals surface area (Å²) in [6.07, 6.45) is 6.49. The number of benzene rings is 2. The first-order valence-electron chi connectivity index (χ1n) is 18.7. The molecule has 0 aliphatic rings. The smallest absolute Gasteiger partial charge is 0.293 e. The van der Waals surface area contributed by atoms with Crippen molar-refractivity contribution in [3.8, 4) is 0 Å². The molecule has 3 amide bonds. The molecule has 0 fully saturated rings. The molecule has 4 atom stereocenters. The number of nitrogens with two attached hydrogens (primary N) is 2. The molecule has 2 aromatic carbocycles. The molecule has 0 saturated carbocycles. The molecular weight excluding hydrogens is 709 g/mol. The number of thioether (sulfide) groups is 1. The summed E-state index contributed by atoms with van der Waals surface area (Å²) in [5, 5.41) is 5.30. The van der Waals surface area contributed by atoms with Gasteiger partial charge in [-0.3, -0.25) is 39.0 Å². The van der Waals surface area contributed by atoms with Crippen LogP contribution in [0.4, 0.5) is 5.69 Å². The topological polar surface area (TPSA) is 220 Å². The molecule has 14 heteroatoms. The van der Waals surface area contributed by atoms with Gasteiger partial charge in [0.05, 0.1) is 12.1 Å². The van der Waals surface area contributed by atoms with Crippen LogP contribution in [0.15, 0.2) is 54.6 Å². The van der Waals surface area contributed by atoms with E-state index >= 15 is 0 Å². The standard InChI is InChI=1S/C40H58N6O7S/c1-4-32(48)25-30(15-9-6-10-17-36(49)33(42)26-54-3)38(51)46-45-35(24-28-13-7-5-8-14-28)39(52)44-34(16-11-12-22-41)37(50)40(53)43-31-20-18-29(19-21-31)23-27(2)47/h5,7-8,13-14,18-21,30,33-35,45H,4,6,9-12,15-17,22-26,41-42H2,1-3H3,(H,43,53)(H,44,52)(H,46,51)/t30?,33?,34-,35-/m0/s1. The van der Waals surface area contributed by atoms with Crippen molar-refractivity contribution in [3.63, 3.8) is 0 Å². The molecule has 13 nitrogen and oxygen atoms in total. The zero-order valence-electron chi connectivity index (χ0n) is 31.8. The van der Waals surface area contributed by atoms with Crippen LogP contribution in [0.1, 0.15) is 89.2 Å². The summed E-state index contributed by atoms with van der Waals surface area (Å²) in [7, 11) is 0. The number of ketones is 4. The third-order valence-corrected chi connectivity index (χ3v) is 9.60. The predicted molar refractivity (Wildman–Crippen MR) is 212 cm³/mol. The van der Waals surface area contributed by atoms with E-state index in [2.05, 4.69) is 21.5 Å². The largest absolute Gasteiger partial charge is 0.344 e. The van der Waals surface area contributed by atoms with Gasteiger partial charge in [0, 0.05) is 43.0 Å². The molecule has 0 aliphatic heterocycles. The van der Waals surface area contributed by atoms with E-state index in [1.54, 1.807) is 31.2 Å². The zero-order chi connectivity index (χ0) is 39.9. The van der Waals surface area contributed by atoms with Crippen LogP contribution in [0.2, 0.25) is 0 Å². The number of rotatable bonds is 28. The number of nitrogens with one attached hydrogen (secondary N) is 4.